The Morgan fingerprint density at radius 2 is 1.93 bits per heavy atom. The Hall–Kier alpha value is -2.09. The Balaban J connectivity index is 1.70. The number of rotatable bonds is 7. The van der Waals surface area contributed by atoms with Gasteiger partial charge in [0, 0.05) is 56.9 Å². The van der Waals surface area contributed by atoms with Crippen molar-refractivity contribution in [2.45, 2.75) is 6.42 Å². The molecule has 2 heterocycles. The van der Waals surface area contributed by atoms with E-state index in [1.54, 1.807) is 11.7 Å². The Labute approximate surface area is 167 Å². The third kappa shape index (κ3) is 5.04. The van der Waals surface area contributed by atoms with Crippen LogP contribution in [0.2, 0.25) is 0 Å². The average molecular weight is 389 g/mol. The molecule has 7 nitrogen and oxygen atoms in total. The molecule has 0 atom stereocenters. The molecule has 1 aromatic carbocycles. The summed E-state index contributed by atoms with van der Waals surface area (Å²) < 4.78 is 12.6. The minimum Gasteiger partial charge on any atom is -0.497 e. The molecule has 0 radical (unpaired) electrons. The number of carbonyl (C=O) groups excluding carboxylic acids is 1. The fraction of sp³-hybridized carbons (Fsp3) is 0.571. The van der Waals surface area contributed by atoms with Gasteiger partial charge in [-0.1, -0.05) is 0 Å². The number of benzene rings is 1. The number of fused-ring (bicyclic) bond motifs is 1. The molecule has 7 heteroatoms. The van der Waals surface area contributed by atoms with Gasteiger partial charge in [0.05, 0.1) is 12.6 Å². The van der Waals surface area contributed by atoms with Crippen LogP contribution in [0.1, 0.15) is 5.56 Å². The van der Waals surface area contributed by atoms with Gasteiger partial charge in [-0.2, -0.15) is 0 Å². The van der Waals surface area contributed by atoms with Crippen molar-refractivity contribution >= 4 is 17.0 Å². The fourth-order valence-electron chi connectivity index (χ4n) is 3.50. The van der Waals surface area contributed by atoms with Crippen LogP contribution in [0.5, 0.6) is 5.75 Å². The molecule has 1 aliphatic rings. The molecule has 3 rings (SSSR count). The summed E-state index contributed by atoms with van der Waals surface area (Å²) in [5.41, 5.74) is 1.97. The van der Waals surface area contributed by atoms with Gasteiger partial charge in [0.1, 0.15) is 12.4 Å². The average Bonchev–Trinajstić information content (AvgIpc) is 3.05. The molecule has 1 aromatic heterocycles. The Kier molecular flexibility index (Phi) is 6.93. The van der Waals surface area contributed by atoms with Crippen molar-refractivity contribution in [2.24, 2.45) is 0 Å². The van der Waals surface area contributed by atoms with Gasteiger partial charge < -0.3 is 19.3 Å². The predicted molar refractivity (Wildman–Crippen MR) is 111 cm³/mol. The maximum Gasteiger partial charge on any atom is 0.418 e. The topological polar surface area (TPSA) is 50.2 Å². The molecular weight excluding hydrogens is 356 g/mol. The van der Waals surface area contributed by atoms with E-state index in [0.717, 1.165) is 67.9 Å². The van der Waals surface area contributed by atoms with Crippen LogP contribution in [-0.4, -0.2) is 99.5 Å². The number of hydrogen-bond acceptors (Lipinski definition) is 6. The first-order chi connectivity index (χ1) is 13.5. The molecule has 28 heavy (non-hydrogen) atoms. The Morgan fingerprint density at radius 3 is 2.61 bits per heavy atom. The molecule has 0 saturated carbocycles. The first kappa shape index (κ1) is 20.6. The summed E-state index contributed by atoms with van der Waals surface area (Å²) >= 11 is 0. The molecule has 0 spiro atoms. The molecule has 1 aliphatic heterocycles. The largest absolute Gasteiger partial charge is 0.497 e. The van der Waals surface area contributed by atoms with E-state index < -0.39 is 0 Å². The van der Waals surface area contributed by atoms with Crippen LogP contribution in [0.15, 0.2) is 24.4 Å². The van der Waals surface area contributed by atoms with Crippen LogP contribution in [0.25, 0.3) is 10.9 Å². The number of carbonyl (C=O) groups is 1. The van der Waals surface area contributed by atoms with Gasteiger partial charge in [0.2, 0.25) is 0 Å². The molecule has 0 amide bonds. The van der Waals surface area contributed by atoms with Crippen molar-refractivity contribution in [3.63, 3.8) is 0 Å². The lowest BCUT2D eigenvalue weighted by Gasteiger charge is -2.32. The van der Waals surface area contributed by atoms with Crippen molar-refractivity contribution in [3.8, 4) is 5.75 Å². The zero-order valence-electron chi connectivity index (χ0n) is 17.5. The standard InChI is InChI=1S/C21H32N4O3/c1-22(2)8-7-17-16-25(20-15-18(27-4)5-6-19(17)20)21(26)28-14-13-24-11-9-23(3)10-12-24/h5-6,15-16H,7-14H2,1-4H3. The second-order valence-electron chi connectivity index (χ2n) is 7.72. The zero-order chi connectivity index (χ0) is 20.1. The van der Waals surface area contributed by atoms with Gasteiger partial charge in [-0.15, -0.1) is 0 Å². The van der Waals surface area contributed by atoms with Gasteiger partial charge in [-0.3, -0.25) is 9.47 Å². The summed E-state index contributed by atoms with van der Waals surface area (Å²) in [5, 5.41) is 1.07. The second-order valence-corrected chi connectivity index (χ2v) is 7.72. The van der Waals surface area contributed by atoms with E-state index in [4.69, 9.17) is 9.47 Å². The normalized spacial score (nSPS) is 16.0. The lowest BCUT2D eigenvalue weighted by molar-refractivity contribution is 0.105. The highest BCUT2D eigenvalue weighted by molar-refractivity contribution is 5.92. The highest BCUT2D eigenvalue weighted by Gasteiger charge is 2.17. The molecular formula is C21H32N4O3. The van der Waals surface area contributed by atoms with E-state index in [1.807, 2.05) is 24.4 Å². The lowest BCUT2D eigenvalue weighted by Crippen LogP contribution is -2.45. The summed E-state index contributed by atoms with van der Waals surface area (Å²) in [7, 11) is 7.87. The number of piperazine rings is 1. The summed E-state index contributed by atoms with van der Waals surface area (Å²) in [5.74, 6) is 0.733. The summed E-state index contributed by atoms with van der Waals surface area (Å²) in [6.45, 7) is 6.26. The van der Waals surface area contributed by atoms with E-state index in [2.05, 4.69) is 35.8 Å². The molecule has 154 valence electrons. The SMILES string of the molecule is COc1ccc2c(CCN(C)C)cn(C(=O)OCCN3CCN(C)CC3)c2c1. The third-order valence-electron chi connectivity index (χ3n) is 5.35. The van der Waals surface area contributed by atoms with Crippen LogP contribution >= 0.6 is 0 Å². The number of hydrogen-bond donors (Lipinski definition) is 0. The third-order valence-corrected chi connectivity index (χ3v) is 5.35. The Morgan fingerprint density at radius 1 is 1.18 bits per heavy atom. The zero-order valence-corrected chi connectivity index (χ0v) is 17.5. The van der Waals surface area contributed by atoms with Crippen molar-refractivity contribution in [1.29, 1.82) is 0 Å². The van der Waals surface area contributed by atoms with E-state index in [0.29, 0.717) is 6.61 Å². The van der Waals surface area contributed by atoms with Gasteiger partial charge in [-0.25, -0.2) is 4.79 Å². The Bertz CT molecular complexity index is 794. The minimum absolute atomic E-state index is 0.330. The number of likely N-dealkylation sites (N-methyl/N-ethyl adjacent to an activating group) is 2. The predicted octanol–water partition coefficient (Wildman–Crippen LogP) is 1.99. The summed E-state index contributed by atoms with van der Waals surface area (Å²) in [4.78, 5) is 19.6. The van der Waals surface area contributed by atoms with Crippen LogP contribution in [0.3, 0.4) is 0 Å². The van der Waals surface area contributed by atoms with Crippen LogP contribution < -0.4 is 4.74 Å². The first-order valence-corrected chi connectivity index (χ1v) is 9.88. The van der Waals surface area contributed by atoms with Crippen LogP contribution in [0, 0.1) is 0 Å². The number of aromatic nitrogens is 1. The van der Waals surface area contributed by atoms with E-state index in [9.17, 15) is 4.79 Å². The summed E-state index contributed by atoms with van der Waals surface area (Å²) in [6.07, 6.45) is 2.45. The van der Waals surface area contributed by atoms with Gasteiger partial charge >= 0.3 is 6.09 Å². The smallest absolute Gasteiger partial charge is 0.418 e. The van der Waals surface area contributed by atoms with Crippen molar-refractivity contribution in [1.82, 2.24) is 19.3 Å². The highest BCUT2D eigenvalue weighted by atomic mass is 16.5. The molecule has 0 aliphatic carbocycles. The van der Waals surface area contributed by atoms with Gasteiger partial charge in [0.25, 0.3) is 0 Å². The number of ether oxygens (including phenoxy) is 2. The van der Waals surface area contributed by atoms with Crippen LogP contribution in [-0.2, 0) is 11.2 Å². The number of methoxy groups -OCH3 is 1. The maximum absolute atomic E-state index is 12.8. The fourth-order valence-corrected chi connectivity index (χ4v) is 3.50. The van der Waals surface area contributed by atoms with E-state index in [1.165, 1.54) is 0 Å². The van der Waals surface area contributed by atoms with E-state index >= 15 is 0 Å². The van der Waals surface area contributed by atoms with Crippen molar-refractivity contribution in [2.75, 3.05) is 74.1 Å². The quantitative estimate of drug-likeness (QED) is 0.723. The lowest BCUT2D eigenvalue weighted by atomic mass is 10.1. The molecule has 0 bridgehead atoms. The first-order valence-electron chi connectivity index (χ1n) is 9.88. The molecule has 1 saturated heterocycles. The molecule has 1 fully saturated rings. The van der Waals surface area contributed by atoms with E-state index in [-0.39, 0.29) is 6.09 Å². The van der Waals surface area contributed by atoms with Gasteiger partial charge in [-0.05, 0) is 45.3 Å². The minimum atomic E-state index is -0.330. The second kappa shape index (κ2) is 9.41. The molecule has 2 aromatic rings. The highest BCUT2D eigenvalue weighted by Crippen LogP contribution is 2.26. The molecule has 0 unspecified atom stereocenters. The van der Waals surface area contributed by atoms with Gasteiger partial charge in [0.15, 0.2) is 0 Å². The van der Waals surface area contributed by atoms with Crippen molar-refractivity contribution < 1.29 is 14.3 Å². The maximum atomic E-state index is 12.8. The monoisotopic (exact) mass is 388 g/mol. The van der Waals surface area contributed by atoms with Crippen LogP contribution in [0.4, 0.5) is 4.79 Å². The number of nitrogens with zero attached hydrogens (tertiary/aromatic N) is 4. The van der Waals surface area contributed by atoms with Crippen molar-refractivity contribution in [3.05, 3.63) is 30.0 Å². The molecule has 0 N–H and O–H groups in total. The summed E-state index contributed by atoms with van der Waals surface area (Å²) in [6, 6.07) is 5.86.